The summed E-state index contributed by atoms with van der Waals surface area (Å²) in [5.74, 6) is 0. The van der Waals surface area contributed by atoms with Crippen LogP contribution < -0.4 is 0 Å². The van der Waals surface area contributed by atoms with Crippen molar-refractivity contribution in [2.75, 3.05) is 0 Å². The molecular weight excluding hydrogens is 1170 g/mol. The van der Waals surface area contributed by atoms with E-state index in [-0.39, 0.29) is 0 Å². The van der Waals surface area contributed by atoms with E-state index in [0.29, 0.717) is 0 Å². The lowest BCUT2D eigenvalue weighted by Crippen LogP contribution is -1.94. The number of para-hydroxylation sites is 1. The smallest absolute Gasteiger partial charge is 0.0541 e. The van der Waals surface area contributed by atoms with Gasteiger partial charge < -0.3 is 4.57 Å². The van der Waals surface area contributed by atoms with Crippen LogP contribution in [0.15, 0.2) is 334 Å². The van der Waals surface area contributed by atoms with Crippen molar-refractivity contribution in [1.82, 2.24) is 4.57 Å². The Morgan fingerprint density at radius 3 is 1.24 bits per heavy atom. The molecule has 0 amide bonds. The van der Waals surface area contributed by atoms with Crippen LogP contribution in [0, 0.1) is 0 Å². The first-order chi connectivity index (χ1) is 48.1. The van der Waals surface area contributed by atoms with Gasteiger partial charge in [-0.25, -0.2) is 0 Å². The Balaban J connectivity index is 0.657. The van der Waals surface area contributed by atoms with Gasteiger partial charge in [0.25, 0.3) is 0 Å². The molecule has 1 nitrogen and oxygen atoms in total. The van der Waals surface area contributed by atoms with Crippen molar-refractivity contribution < 1.29 is 0 Å². The fraction of sp³-hybridized carbons (Fsp3) is 0. The Morgan fingerprint density at radius 2 is 0.577 bits per heavy atom. The van der Waals surface area contributed by atoms with Gasteiger partial charge in [0.05, 0.1) is 11.0 Å². The number of fused-ring (bicyclic) bond motifs is 18. The van der Waals surface area contributed by atoms with Gasteiger partial charge in [-0.15, -0.1) is 0 Å². The van der Waals surface area contributed by atoms with Gasteiger partial charge in [0.2, 0.25) is 0 Å². The standard InChI is InChI=1S/C96H55N/c1-3-19-56(20-4-1)63-48-64(71-30-14-35-79-85-53-60-23-7-9-27-68(60)76-32-16-37-81(90(71)79)92(76)85)50-65(49-63)72-31-15-36-80-86-55-66-47-59(41-43-70(66)78-34-17-38-82(91(72)80)93(78)86)58-25-13-26-67(51-58)97-88-40-12-11-29-75(88)84-52-62(42-46-89(84)97)74-45-44-73(57-21-5-2-6-22-57)96-87-54-61-24-8-10-28-69(61)77-33-18-39-83(94(77)87)95(74)96/h1-55H. The molecule has 3 aliphatic carbocycles. The maximum Gasteiger partial charge on any atom is 0.0541 e. The van der Waals surface area contributed by atoms with E-state index in [4.69, 9.17) is 0 Å². The fourth-order valence-electron chi connectivity index (χ4n) is 17.8. The number of hydrogen-bond acceptors (Lipinski definition) is 0. The van der Waals surface area contributed by atoms with Gasteiger partial charge in [-0.1, -0.05) is 261 Å². The van der Waals surface area contributed by atoms with Crippen LogP contribution in [-0.2, 0) is 0 Å². The normalized spacial score (nSPS) is 12.3. The molecule has 0 N–H and O–H groups in total. The lowest BCUT2D eigenvalue weighted by molar-refractivity contribution is 1.18. The predicted octanol–water partition coefficient (Wildman–Crippen LogP) is 26.6. The van der Waals surface area contributed by atoms with E-state index in [9.17, 15) is 0 Å². The molecule has 3 aliphatic rings. The summed E-state index contributed by atoms with van der Waals surface area (Å²) in [4.78, 5) is 0. The molecule has 0 unspecified atom stereocenters. The second-order valence-corrected chi connectivity index (χ2v) is 26.9. The van der Waals surface area contributed by atoms with Crippen LogP contribution in [0.3, 0.4) is 0 Å². The Morgan fingerprint density at radius 1 is 0.155 bits per heavy atom. The fourth-order valence-corrected chi connectivity index (χ4v) is 17.8. The minimum absolute atomic E-state index is 1.13. The van der Waals surface area contributed by atoms with Crippen molar-refractivity contribution in [3.8, 4) is 139 Å². The maximum absolute atomic E-state index is 2.47. The summed E-state index contributed by atoms with van der Waals surface area (Å²) in [7, 11) is 0. The zero-order valence-corrected chi connectivity index (χ0v) is 52.7. The van der Waals surface area contributed by atoms with Crippen molar-refractivity contribution in [2.45, 2.75) is 0 Å². The van der Waals surface area contributed by atoms with Gasteiger partial charge >= 0.3 is 0 Å². The molecule has 22 rings (SSSR count). The quantitative estimate of drug-likeness (QED) is 0.140. The minimum Gasteiger partial charge on any atom is -0.309 e. The molecule has 0 radical (unpaired) electrons. The summed E-state index contributed by atoms with van der Waals surface area (Å²) in [6, 6.07) is 126. The van der Waals surface area contributed by atoms with Crippen LogP contribution in [0.4, 0.5) is 0 Å². The average Bonchev–Trinajstić information content (AvgIpc) is 1.57. The van der Waals surface area contributed by atoms with E-state index in [0.717, 1.165) is 5.69 Å². The van der Waals surface area contributed by atoms with Gasteiger partial charge in [0.15, 0.2) is 0 Å². The van der Waals surface area contributed by atoms with Crippen LogP contribution in [-0.4, -0.2) is 4.57 Å². The SMILES string of the molecule is c1ccc(-c2cc(-c3cccc4c3-c3cccc5c3c-4cc3ccccc35)cc(-c3cccc4c3-c3cccc5c3c-4cc3cc(-c4cccc(-n6c7ccccc7c7cc(-c8ccc(-c9ccccc9)c9c8-c8cccc%10c8c-9cc8ccccc8%10)ccc76)c4)ccc35)c2)cc1. The molecule has 18 aromatic carbocycles. The number of rotatable bonds is 7. The molecule has 1 heterocycles. The molecule has 19 aromatic rings. The molecule has 0 spiro atoms. The third-order valence-electron chi connectivity index (χ3n) is 21.9. The lowest BCUT2D eigenvalue weighted by Gasteiger charge is -2.17. The van der Waals surface area contributed by atoms with Gasteiger partial charge in [0, 0.05) is 16.5 Å². The zero-order chi connectivity index (χ0) is 63.1. The van der Waals surface area contributed by atoms with E-state index < -0.39 is 0 Å². The Labute approximate surface area is 560 Å². The van der Waals surface area contributed by atoms with E-state index in [1.54, 1.807) is 0 Å². The van der Waals surface area contributed by atoms with E-state index in [2.05, 4.69) is 338 Å². The first kappa shape index (κ1) is 52.8. The highest BCUT2D eigenvalue weighted by Crippen LogP contribution is 2.59. The van der Waals surface area contributed by atoms with E-state index in [1.165, 1.54) is 220 Å². The van der Waals surface area contributed by atoms with Crippen LogP contribution in [0.25, 0.3) is 226 Å². The predicted molar refractivity (Wildman–Crippen MR) is 412 cm³/mol. The van der Waals surface area contributed by atoms with Gasteiger partial charge in [0.1, 0.15) is 0 Å². The first-order valence-electron chi connectivity index (χ1n) is 33.9. The van der Waals surface area contributed by atoms with Crippen molar-refractivity contribution in [2.24, 2.45) is 0 Å². The maximum atomic E-state index is 2.47. The lowest BCUT2D eigenvalue weighted by atomic mass is 9.87. The second-order valence-electron chi connectivity index (χ2n) is 26.9. The Bertz CT molecular complexity index is 6720. The van der Waals surface area contributed by atoms with E-state index >= 15 is 0 Å². The first-order valence-corrected chi connectivity index (χ1v) is 33.9. The van der Waals surface area contributed by atoms with Crippen molar-refractivity contribution in [3.63, 3.8) is 0 Å². The highest BCUT2D eigenvalue weighted by Gasteiger charge is 2.32. The number of benzene rings is 18. The molecule has 1 heteroatoms. The molecule has 97 heavy (non-hydrogen) atoms. The minimum atomic E-state index is 1.13. The molecule has 0 atom stereocenters. The highest BCUT2D eigenvalue weighted by molar-refractivity contribution is 6.29. The molecule has 0 bridgehead atoms. The molecule has 0 saturated carbocycles. The van der Waals surface area contributed by atoms with Crippen molar-refractivity contribution in [1.29, 1.82) is 0 Å². The van der Waals surface area contributed by atoms with Crippen LogP contribution in [0.5, 0.6) is 0 Å². The molecule has 1 aromatic heterocycles. The van der Waals surface area contributed by atoms with Gasteiger partial charge in [-0.3, -0.25) is 0 Å². The topological polar surface area (TPSA) is 4.93 Å². The number of hydrogen-bond donors (Lipinski definition) is 0. The Hall–Kier alpha value is -12.7. The van der Waals surface area contributed by atoms with Crippen LogP contribution in [0.1, 0.15) is 0 Å². The Kier molecular flexibility index (Phi) is 10.8. The van der Waals surface area contributed by atoms with Gasteiger partial charge in [-0.05, 0) is 271 Å². The summed E-state index contributed by atoms with van der Waals surface area (Å²) >= 11 is 0. The van der Waals surface area contributed by atoms with Crippen LogP contribution in [0.2, 0.25) is 0 Å². The molecule has 0 fully saturated rings. The summed E-state index contributed by atoms with van der Waals surface area (Å²) in [5.41, 5.74) is 33.8. The van der Waals surface area contributed by atoms with Gasteiger partial charge in [-0.2, -0.15) is 0 Å². The molecular formula is C96H55N. The van der Waals surface area contributed by atoms with Crippen molar-refractivity contribution >= 4 is 86.4 Å². The average molecular weight is 1220 g/mol. The number of nitrogens with zero attached hydrogens (tertiary/aromatic N) is 1. The zero-order valence-electron chi connectivity index (χ0n) is 52.7. The summed E-state index contributed by atoms with van der Waals surface area (Å²) in [5, 5.41) is 18.0. The summed E-state index contributed by atoms with van der Waals surface area (Å²) in [6.45, 7) is 0. The largest absolute Gasteiger partial charge is 0.309 e. The van der Waals surface area contributed by atoms with Crippen molar-refractivity contribution in [3.05, 3.63) is 334 Å². The third kappa shape index (κ3) is 7.48. The molecule has 0 aliphatic heterocycles. The molecule has 0 saturated heterocycles. The van der Waals surface area contributed by atoms with Crippen LogP contribution >= 0.6 is 0 Å². The monoisotopic (exact) mass is 1220 g/mol. The third-order valence-corrected chi connectivity index (χ3v) is 21.9. The van der Waals surface area contributed by atoms with E-state index in [1.807, 2.05) is 0 Å². The highest BCUT2D eigenvalue weighted by atomic mass is 15.0. The molecule has 444 valence electrons. The number of aromatic nitrogens is 1. The summed E-state index contributed by atoms with van der Waals surface area (Å²) < 4.78 is 2.47. The summed E-state index contributed by atoms with van der Waals surface area (Å²) in [6.07, 6.45) is 0. The second kappa shape index (κ2) is 19.9.